The first kappa shape index (κ1) is 19.3. The van der Waals surface area contributed by atoms with Gasteiger partial charge in [0.05, 0.1) is 6.04 Å². The highest BCUT2D eigenvalue weighted by Gasteiger charge is 2.45. The monoisotopic (exact) mass is 405 g/mol. The lowest BCUT2D eigenvalue weighted by Gasteiger charge is -2.38. The van der Waals surface area contributed by atoms with Crippen LogP contribution in [0.5, 0.6) is 5.75 Å². The maximum Gasteiger partial charge on any atom is 0.573 e. The van der Waals surface area contributed by atoms with E-state index in [9.17, 15) is 22.8 Å². The highest BCUT2D eigenvalue weighted by Crippen LogP contribution is 2.36. The van der Waals surface area contributed by atoms with Crippen molar-refractivity contribution in [2.75, 3.05) is 13.1 Å². The van der Waals surface area contributed by atoms with Gasteiger partial charge in [-0.25, -0.2) is 0 Å². The number of hydrogen-bond acceptors (Lipinski definition) is 4. The summed E-state index contributed by atoms with van der Waals surface area (Å²) in [6, 6.07) is 11.5. The molecule has 2 aromatic rings. The minimum absolute atomic E-state index is 0.0514. The lowest BCUT2D eigenvalue weighted by molar-refractivity contribution is -0.274. The minimum atomic E-state index is -4.75. The largest absolute Gasteiger partial charge is 0.573 e. The van der Waals surface area contributed by atoms with E-state index < -0.39 is 12.4 Å². The summed E-state index contributed by atoms with van der Waals surface area (Å²) >= 11 is 0. The van der Waals surface area contributed by atoms with E-state index in [4.69, 9.17) is 0 Å². The van der Waals surface area contributed by atoms with Gasteiger partial charge in [0.2, 0.25) is 5.91 Å². The number of nitrogens with one attached hydrogen (secondary N) is 2. The summed E-state index contributed by atoms with van der Waals surface area (Å²) in [6.07, 6.45) is -4.75. The Morgan fingerprint density at radius 3 is 2.45 bits per heavy atom. The molecule has 1 unspecified atom stereocenters. The normalized spacial score (nSPS) is 18.9. The van der Waals surface area contributed by atoms with E-state index in [1.807, 2.05) is 0 Å². The zero-order valence-corrected chi connectivity index (χ0v) is 15.2. The molecular weight excluding hydrogens is 387 g/mol. The minimum Gasteiger partial charge on any atom is -0.406 e. The second-order valence-electron chi connectivity index (χ2n) is 6.92. The molecule has 0 spiro atoms. The maximum absolute atomic E-state index is 12.9. The van der Waals surface area contributed by atoms with Gasteiger partial charge in [-0.1, -0.05) is 30.3 Å². The third kappa shape index (κ3) is 3.91. The van der Waals surface area contributed by atoms with Crippen molar-refractivity contribution in [2.45, 2.75) is 25.0 Å². The fraction of sp³-hybridized carbons (Fsp3) is 0.300. The molecule has 29 heavy (non-hydrogen) atoms. The summed E-state index contributed by atoms with van der Waals surface area (Å²) in [7, 11) is 0. The molecule has 2 aromatic carbocycles. The van der Waals surface area contributed by atoms with Crippen LogP contribution >= 0.6 is 0 Å². The molecule has 1 fully saturated rings. The number of amides is 2. The molecule has 0 saturated carbocycles. The predicted molar refractivity (Wildman–Crippen MR) is 97.0 cm³/mol. The molecule has 0 radical (unpaired) electrons. The molecule has 6 nitrogen and oxygen atoms in total. The summed E-state index contributed by atoms with van der Waals surface area (Å²) in [5, 5.41) is 5.89. The molecule has 2 amide bonds. The number of carbonyl (C=O) groups is 2. The van der Waals surface area contributed by atoms with Crippen molar-refractivity contribution < 1.29 is 27.5 Å². The molecule has 2 aliphatic rings. The van der Waals surface area contributed by atoms with E-state index in [0.29, 0.717) is 29.8 Å². The van der Waals surface area contributed by atoms with Crippen LogP contribution in [-0.4, -0.2) is 42.2 Å². The van der Waals surface area contributed by atoms with Crippen molar-refractivity contribution in [3.05, 3.63) is 65.2 Å². The summed E-state index contributed by atoms with van der Waals surface area (Å²) in [4.78, 5) is 27.3. The Morgan fingerprint density at radius 2 is 1.83 bits per heavy atom. The second-order valence-corrected chi connectivity index (χ2v) is 6.92. The Hall–Kier alpha value is -3.07. The number of alkyl halides is 3. The number of ether oxygens (including phenoxy) is 1. The Bertz CT molecular complexity index is 927. The summed E-state index contributed by atoms with van der Waals surface area (Å²) in [5.41, 5.74) is 1.80. The van der Waals surface area contributed by atoms with E-state index >= 15 is 0 Å². The highest BCUT2D eigenvalue weighted by atomic mass is 19.4. The lowest BCUT2D eigenvalue weighted by Crippen LogP contribution is -2.59. The number of hydrogen-bond donors (Lipinski definition) is 2. The van der Waals surface area contributed by atoms with Crippen molar-refractivity contribution in [3.63, 3.8) is 0 Å². The lowest BCUT2D eigenvalue weighted by atomic mass is 10.0. The molecule has 9 heteroatoms. The van der Waals surface area contributed by atoms with Crippen LogP contribution in [0.3, 0.4) is 0 Å². The number of benzene rings is 2. The van der Waals surface area contributed by atoms with Gasteiger partial charge < -0.3 is 20.3 Å². The van der Waals surface area contributed by atoms with Crippen LogP contribution in [0.2, 0.25) is 0 Å². The number of nitrogens with zero attached hydrogens (tertiary/aromatic N) is 1. The topological polar surface area (TPSA) is 70.7 Å². The third-order valence-electron chi connectivity index (χ3n) is 5.02. The average molecular weight is 405 g/mol. The first-order valence-corrected chi connectivity index (χ1v) is 9.08. The average Bonchev–Trinajstić information content (AvgIpc) is 2.91. The van der Waals surface area contributed by atoms with Crippen molar-refractivity contribution in [1.82, 2.24) is 15.5 Å². The van der Waals surface area contributed by atoms with Gasteiger partial charge in [0, 0.05) is 25.2 Å². The summed E-state index contributed by atoms with van der Waals surface area (Å²) in [6.45, 7) is 1.38. The van der Waals surface area contributed by atoms with Gasteiger partial charge >= 0.3 is 6.36 Å². The molecule has 2 aliphatic heterocycles. The number of fused-ring (bicyclic) bond motifs is 1. The van der Waals surface area contributed by atoms with Gasteiger partial charge in [-0.05, 0) is 29.3 Å². The van der Waals surface area contributed by atoms with Gasteiger partial charge in [-0.2, -0.15) is 0 Å². The standard InChI is InChI=1S/C20H18F3N3O3/c21-20(22,23)29-14-7-5-12(6-8-14)9-25-18(27)17-15-3-1-2-4-16(15)19(28)26(17)13-10-24-11-13/h1-8,13,17,24H,9-11H2,(H,25,27). The summed E-state index contributed by atoms with van der Waals surface area (Å²) in [5.74, 6) is -0.821. The molecule has 2 N–H and O–H groups in total. The Balaban J connectivity index is 1.46. The first-order chi connectivity index (χ1) is 13.8. The van der Waals surface area contributed by atoms with Crippen LogP contribution in [-0.2, 0) is 11.3 Å². The zero-order valence-electron chi connectivity index (χ0n) is 15.2. The molecule has 0 aliphatic carbocycles. The van der Waals surface area contributed by atoms with Gasteiger partial charge in [0.1, 0.15) is 11.8 Å². The highest BCUT2D eigenvalue weighted by molar-refractivity contribution is 6.05. The zero-order chi connectivity index (χ0) is 20.6. The molecular formula is C20H18F3N3O3. The molecule has 1 atom stereocenters. The van der Waals surface area contributed by atoms with E-state index in [1.54, 1.807) is 29.2 Å². The Kier molecular flexibility index (Phi) is 4.91. The Labute approximate surface area is 164 Å². The predicted octanol–water partition coefficient (Wildman–Crippen LogP) is 2.37. The van der Waals surface area contributed by atoms with E-state index in [0.717, 1.165) is 0 Å². The van der Waals surface area contributed by atoms with Gasteiger partial charge in [0.15, 0.2) is 0 Å². The fourth-order valence-corrected chi connectivity index (χ4v) is 3.55. The number of halogens is 3. The SMILES string of the molecule is O=C(NCc1ccc(OC(F)(F)F)cc1)C1c2ccccc2C(=O)N1C1CNC1. The van der Waals surface area contributed by atoms with Gasteiger partial charge in [-0.3, -0.25) is 9.59 Å². The van der Waals surface area contributed by atoms with Crippen LogP contribution in [0.15, 0.2) is 48.5 Å². The quantitative estimate of drug-likeness (QED) is 0.802. The van der Waals surface area contributed by atoms with Crippen molar-refractivity contribution in [2.24, 2.45) is 0 Å². The first-order valence-electron chi connectivity index (χ1n) is 9.08. The second kappa shape index (κ2) is 7.40. The maximum atomic E-state index is 12.9. The fourth-order valence-electron chi connectivity index (χ4n) is 3.55. The third-order valence-corrected chi connectivity index (χ3v) is 5.02. The van der Waals surface area contributed by atoms with Crippen LogP contribution in [0.25, 0.3) is 0 Å². The molecule has 0 aromatic heterocycles. The van der Waals surface area contributed by atoms with Crippen molar-refractivity contribution in [3.8, 4) is 5.75 Å². The van der Waals surface area contributed by atoms with Crippen LogP contribution in [0, 0.1) is 0 Å². The molecule has 152 valence electrons. The van der Waals surface area contributed by atoms with E-state index in [-0.39, 0.29) is 30.2 Å². The molecule has 1 saturated heterocycles. The number of rotatable bonds is 5. The van der Waals surface area contributed by atoms with Gasteiger partial charge in [-0.15, -0.1) is 13.2 Å². The smallest absolute Gasteiger partial charge is 0.406 e. The number of carbonyl (C=O) groups excluding carboxylic acids is 2. The van der Waals surface area contributed by atoms with Crippen LogP contribution < -0.4 is 15.4 Å². The Morgan fingerprint density at radius 1 is 1.14 bits per heavy atom. The van der Waals surface area contributed by atoms with E-state index in [2.05, 4.69) is 15.4 Å². The van der Waals surface area contributed by atoms with Gasteiger partial charge in [0.25, 0.3) is 5.91 Å². The van der Waals surface area contributed by atoms with Crippen LogP contribution in [0.1, 0.15) is 27.5 Å². The summed E-state index contributed by atoms with van der Waals surface area (Å²) < 4.78 is 40.6. The van der Waals surface area contributed by atoms with E-state index in [1.165, 1.54) is 24.3 Å². The molecule has 4 rings (SSSR count). The van der Waals surface area contributed by atoms with Crippen LogP contribution in [0.4, 0.5) is 13.2 Å². The van der Waals surface area contributed by atoms with Crippen molar-refractivity contribution >= 4 is 11.8 Å². The molecule has 0 bridgehead atoms. The van der Waals surface area contributed by atoms with Crippen molar-refractivity contribution in [1.29, 1.82) is 0 Å². The molecule has 2 heterocycles.